The minimum absolute atomic E-state index is 0.0285. The second-order valence-electron chi connectivity index (χ2n) is 3.38. The van der Waals surface area contributed by atoms with Crippen molar-refractivity contribution in [1.29, 1.82) is 0 Å². The van der Waals surface area contributed by atoms with E-state index in [9.17, 15) is 4.79 Å². The first-order chi connectivity index (χ1) is 7.46. The number of carboxylic acid groups (broad SMARTS) is 1. The summed E-state index contributed by atoms with van der Waals surface area (Å²) < 4.78 is 14.9. The topological polar surface area (TPSA) is 71.0 Å². The van der Waals surface area contributed by atoms with Crippen molar-refractivity contribution in [2.45, 2.75) is 26.3 Å². The Kier molecular flexibility index (Phi) is 5.49. The first-order valence-electron chi connectivity index (χ1n) is 4.80. The number of carbonyl (C=O) groups is 1. The van der Waals surface area contributed by atoms with Gasteiger partial charge in [-0.25, -0.2) is 4.79 Å². The molecule has 16 heavy (non-hydrogen) atoms. The lowest BCUT2D eigenvalue weighted by atomic mass is 10.4. The average molecular weight is 286 g/mol. The summed E-state index contributed by atoms with van der Waals surface area (Å²) in [7, 11) is 0. The first-order valence-corrected chi connectivity index (χ1v) is 8.17. The molecule has 0 bridgehead atoms. The van der Waals surface area contributed by atoms with E-state index in [1.54, 1.807) is 4.08 Å². The zero-order valence-corrected chi connectivity index (χ0v) is 11.6. The second kappa shape index (κ2) is 6.18. The number of nitrogens with zero attached hydrogens (tertiary/aromatic N) is 1. The Bertz CT molecular complexity index is 292. The van der Waals surface area contributed by atoms with Crippen LogP contribution < -0.4 is 4.72 Å². The molecule has 9 heteroatoms. The molecular weight excluding hydrogens is 271 g/mol. The predicted molar refractivity (Wildman–Crippen MR) is 66.5 cm³/mol. The number of hydrogen-bond donors (Lipinski definition) is 2. The molecule has 0 unspecified atom stereocenters. The number of nitrogens with one attached hydrogen (secondary N) is 1. The number of hydrogen-bond acceptors (Lipinski definition) is 5. The third-order valence-corrected chi connectivity index (χ3v) is 6.90. The average Bonchev–Trinajstić information content (AvgIpc) is 2.17. The van der Waals surface area contributed by atoms with E-state index in [-0.39, 0.29) is 6.04 Å². The molecule has 0 aliphatic carbocycles. The van der Waals surface area contributed by atoms with Gasteiger partial charge in [0, 0.05) is 6.04 Å². The van der Waals surface area contributed by atoms with E-state index in [1.165, 1.54) is 0 Å². The lowest BCUT2D eigenvalue weighted by Crippen LogP contribution is -2.30. The molecule has 0 spiro atoms. The molecule has 1 rings (SSSR count). The smallest absolute Gasteiger partial charge is 0.415 e. The lowest BCUT2D eigenvalue weighted by molar-refractivity contribution is 0.158. The fourth-order valence-corrected chi connectivity index (χ4v) is 5.18. The molecule has 94 valence electrons. The Labute approximate surface area is 104 Å². The molecule has 0 radical (unpaired) electrons. The molecule has 0 saturated carbocycles. The van der Waals surface area contributed by atoms with Gasteiger partial charge in [0.2, 0.25) is 0 Å². The normalized spacial score (nSPS) is 20.0. The van der Waals surface area contributed by atoms with Gasteiger partial charge >= 0.3 is 6.09 Å². The predicted octanol–water partition coefficient (Wildman–Crippen LogP) is 2.19. The monoisotopic (exact) mass is 286 g/mol. The highest BCUT2D eigenvalue weighted by atomic mass is 32.5. The van der Waals surface area contributed by atoms with Crippen molar-refractivity contribution in [1.82, 2.24) is 8.80 Å². The van der Waals surface area contributed by atoms with Crippen molar-refractivity contribution < 1.29 is 18.9 Å². The van der Waals surface area contributed by atoms with Crippen LogP contribution in [0.4, 0.5) is 4.79 Å². The Hall–Kier alpha value is 0.150. The van der Waals surface area contributed by atoms with Gasteiger partial charge in [0.15, 0.2) is 0 Å². The highest BCUT2D eigenvalue weighted by Gasteiger charge is 2.34. The van der Waals surface area contributed by atoms with Crippen LogP contribution in [0, 0.1) is 0 Å². The lowest BCUT2D eigenvalue weighted by Gasteiger charge is -2.36. The van der Waals surface area contributed by atoms with E-state index in [2.05, 4.69) is 4.72 Å². The van der Waals surface area contributed by atoms with E-state index in [0.717, 1.165) is 18.6 Å². The van der Waals surface area contributed by atoms with Crippen LogP contribution in [-0.4, -0.2) is 34.5 Å². The molecule has 0 aromatic rings. The first kappa shape index (κ1) is 14.2. The summed E-state index contributed by atoms with van der Waals surface area (Å²) >= 11 is 6.26. The summed E-state index contributed by atoms with van der Waals surface area (Å²) in [5.41, 5.74) is 0. The summed E-state index contributed by atoms with van der Waals surface area (Å²) in [5, 5.41) is 8.56. The van der Waals surface area contributed by atoms with Crippen molar-refractivity contribution in [3.8, 4) is 0 Å². The molecule has 0 atom stereocenters. The second-order valence-corrected chi connectivity index (χ2v) is 7.70. The zero-order valence-electron chi connectivity index (χ0n) is 9.08. The van der Waals surface area contributed by atoms with Crippen molar-refractivity contribution in [2.75, 3.05) is 13.2 Å². The zero-order chi connectivity index (χ0) is 12.2. The van der Waals surface area contributed by atoms with Gasteiger partial charge in [0.25, 0.3) is 6.64 Å². The third-order valence-electron chi connectivity index (χ3n) is 1.71. The fourth-order valence-electron chi connectivity index (χ4n) is 1.09. The van der Waals surface area contributed by atoms with Gasteiger partial charge in [-0.3, -0.25) is 4.72 Å². The van der Waals surface area contributed by atoms with Crippen molar-refractivity contribution in [3.05, 3.63) is 0 Å². The molecule has 1 amide bonds. The highest BCUT2D eigenvalue weighted by Crippen LogP contribution is 2.58. The molecule has 6 nitrogen and oxygen atoms in total. The Morgan fingerprint density at radius 2 is 2.12 bits per heavy atom. The van der Waals surface area contributed by atoms with Gasteiger partial charge < -0.3 is 14.2 Å². The molecule has 1 aliphatic rings. The fraction of sp³-hybridized carbons (Fsp3) is 0.857. The Balaban J connectivity index is 2.67. The third kappa shape index (κ3) is 3.87. The van der Waals surface area contributed by atoms with Crippen molar-refractivity contribution in [2.24, 2.45) is 0 Å². The molecule has 0 aromatic carbocycles. The molecule has 1 fully saturated rings. The molecule has 2 N–H and O–H groups in total. The van der Waals surface area contributed by atoms with Gasteiger partial charge in [-0.15, -0.1) is 0 Å². The largest absolute Gasteiger partial charge is 0.464 e. The van der Waals surface area contributed by atoms with Crippen LogP contribution in [0.5, 0.6) is 0 Å². The van der Waals surface area contributed by atoms with Crippen LogP contribution >= 0.6 is 18.8 Å². The van der Waals surface area contributed by atoms with Crippen LogP contribution in [-0.2, 0) is 20.9 Å². The molecule has 1 heterocycles. The van der Waals surface area contributed by atoms with Gasteiger partial charge in [-0.1, -0.05) is 0 Å². The molecule has 1 saturated heterocycles. The quantitative estimate of drug-likeness (QED) is 0.606. The minimum atomic E-state index is -2.53. The van der Waals surface area contributed by atoms with Crippen molar-refractivity contribution >= 4 is 36.7 Å². The van der Waals surface area contributed by atoms with Crippen LogP contribution in [0.3, 0.4) is 0 Å². The minimum Gasteiger partial charge on any atom is -0.464 e. The SMILES string of the molecule is CC(C)N(SNC(=O)O)P1(=S)OCCCO1. The number of rotatable bonds is 4. The van der Waals surface area contributed by atoms with Crippen molar-refractivity contribution in [3.63, 3.8) is 0 Å². The van der Waals surface area contributed by atoms with Crippen LogP contribution in [0.2, 0.25) is 0 Å². The van der Waals surface area contributed by atoms with Crippen LogP contribution in [0.25, 0.3) is 0 Å². The standard InChI is InChI=1S/C7H15N2O4PS2/c1-6(2)9(16-8-7(10)11)14(15)12-4-3-5-13-14/h6,8H,3-5H2,1-2H3,(H,10,11). The molecular formula is C7H15N2O4PS2. The maximum atomic E-state index is 10.5. The van der Waals surface area contributed by atoms with Crippen LogP contribution in [0.1, 0.15) is 20.3 Å². The van der Waals surface area contributed by atoms with Gasteiger partial charge in [-0.05, 0) is 32.1 Å². The van der Waals surface area contributed by atoms with E-state index in [4.69, 9.17) is 26.0 Å². The molecule has 1 aliphatic heterocycles. The summed E-state index contributed by atoms with van der Waals surface area (Å²) in [6, 6.07) is 0.0285. The van der Waals surface area contributed by atoms with E-state index in [1.807, 2.05) is 13.8 Å². The van der Waals surface area contributed by atoms with Gasteiger partial charge in [0.1, 0.15) is 0 Å². The summed E-state index contributed by atoms with van der Waals surface area (Å²) in [5.74, 6) is 0. The summed E-state index contributed by atoms with van der Waals surface area (Å²) in [6.45, 7) is 2.41. The van der Waals surface area contributed by atoms with Gasteiger partial charge in [-0.2, -0.15) is 4.08 Å². The molecule has 0 aromatic heterocycles. The maximum absolute atomic E-state index is 10.5. The summed E-state index contributed by atoms with van der Waals surface area (Å²) in [4.78, 5) is 10.5. The summed E-state index contributed by atoms with van der Waals surface area (Å²) in [6.07, 6.45) is -0.296. The highest BCUT2D eigenvalue weighted by molar-refractivity contribution is 8.15. The van der Waals surface area contributed by atoms with E-state index < -0.39 is 12.7 Å². The van der Waals surface area contributed by atoms with Gasteiger partial charge in [0.05, 0.1) is 25.3 Å². The Morgan fingerprint density at radius 1 is 1.56 bits per heavy atom. The number of amides is 1. The van der Waals surface area contributed by atoms with E-state index >= 15 is 0 Å². The Morgan fingerprint density at radius 3 is 2.56 bits per heavy atom. The van der Waals surface area contributed by atoms with Crippen LogP contribution in [0.15, 0.2) is 0 Å². The maximum Gasteiger partial charge on any atom is 0.415 e. The van der Waals surface area contributed by atoms with E-state index in [0.29, 0.717) is 13.2 Å².